The second-order valence-corrected chi connectivity index (χ2v) is 10.5. The number of anilines is 1. The molecule has 0 spiro atoms. The van der Waals surface area contributed by atoms with Gasteiger partial charge in [-0.05, 0) is 66.9 Å². The average Bonchev–Trinajstić information content (AvgIpc) is 3.33. The molecule has 0 atom stereocenters. The molecule has 0 radical (unpaired) electrons. The van der Waals surface area contributed by atoms with Crippen molar-refractivity contribution in [2.24, 2.45) is 5.92 Å². The summed E-state index contributed by atoms with van der Waals surface area (Å²) in [5.41, 5.74) is 2.36. The van der Waals surface area contributed by atoms with E-state index in [2.05, 4.69) is 5.32 Å². The Morgan fingerprint density at radius 2 is 1.80 bits per heavy atom. The number of nitrogens with zero attached hydrogens (tertiary/aromatic N) is 2. The Morgan fingerprint density at radius 1 is 1.06 bits per heavy atom. The van der Waals surface area contributed by atoms with E-state index >= 15 is 0 Å². The van der Waals surface area contributed by atoms with Crippen molar-refractivity contribution in [3.8, 4) is 0 Å². The molecular formula is C27H26ClN3O3S. The van der Waals surface area contributed by atoms with E-state index in [1.807, 2.05) is 35.0 Å². The Balaban J connectivity index is 1.36. The minimum absolute atomic E-state index is 0.111. The molecule has 2 fully saturated rings. The third-order valence-electron chi connectivity index (χ3n) is 6.59. The summed E-state index contributed by atoms with van der Waals surface area (Å²) in [5.74, 6) is 0.00739. The van der Waals surface area contributed by atoms with E-state index in [4.69, 9.17) is 11.6 Å². The van der Waals surface area contributed by atoms with Gasteiger partial charge in [-0.2, -0.15) is 0 Å². The fraction of sp³-hybridized carbons (Fsp3) is 0.296. The van der Waals surface area contributed by atoms with Gasteiger partial charge in [-0.3, -0.25) is 19.3 Å². The van der Waals surface area contributed by atoms with Crippen molar-refractivity contribution >= 4 is 63.1 Å². The number of carbonyl (C=O) groups excluding carboxylic acids is 3. The first-order valence-corrected chi connectivity index (χ1v) is 13.1. The highest BCUT2D eigenvalue weighted by Gasteiger charge is 2.36. The fourth-order valence-electron chi connectivity index (χ4n) is 4.84. The van der Waals surface area contributed by atoms with Crippen molar-refractivity contribution in [3.63, 3.8) is 0 Å². The maximum atomic E-state index is 13.1. The molecule has 3 aromatic rings. The van der Waals surface area contributed by atoms with Crippen molar-refractivity contribution in [3.05, 3.63) is 70.2 Å². The van der Waals surface area contributed by atoms with Crippen LogP contribution in [-0.2, 0) is 16.1 Å². The van der Waals surface area contributed by atoms with Gasteiger partial charge in [0, 0.05) is 39.9 Å². The molecular weight excluding hydrogens is 482 g/mol. The Hall–Kier alpha value is -3.03. The number of nitrogens with one attached hydrogen (secondary N) is 1. The number of thioether (sulfide) groups is 1. The number of imide groups is 1. The van der Waals surface area contributed by atoms with Gasteiger partial charge in [0.25, 0.3) is 11.1 Å². The molecule has 6 nitrogen and oxygen atoms in total. The molecule has 1 saturated heterocycles. The topological polar surface area (TPSA) is 71.4 Å². The maximum absolute atomic E-state index is 13.1. The van der Waals surface area contributed by atoms with Crippen molar-refractivity contribution < 1.29 is 14.4 Å². The first kappa shape index (κ1) is 23.7. The van der Waals surface area contributed by atoms with Gasteiger partial charge in [-0.15, -0.1) is 0 Å². The zero-order chi connectivity index (χ0) is 24.4. The molecule has 180 valence electrons. The summed E-state index contributed by atoms with van der Waals surface area (Å²) in [6.07, 6.45) is 9.37. The van der Waals surface area contributed by atoms with Gasteiger partial charge in [0.05, 0.1) is 4.91 Å². The highest BCUT2D eigenvalue weighted by Crippen LogP contribution is 2.36. The van der Waals surface area contributed by atoms with E-state index in [0.717, 1.165) is 41.1 Å². The third kappa shape index (κ3) is 5.31. The SMILES string of the molecule is O=C(Cn1cc(/C=C2/SC(=O)N(CC3CCCCC3)C2=O)c2ccccc21)Nc1ccc(Cl)cc1. The van der Waals surface area contributed by atoms with Crippen LogP contribution in [0, 0.1) is 5.92 Å². The summed E-state index contributed by atoms with van der Waals surface area (Å²) in [4.78, 5) is 40.2. The molecule has 8 heteroatoms. The molecule has 2 heterocycles. The summed E-state index contributed by atoms with van der Waals surface area (Å²) in [7, 11) is 0. The van der Waals surface area contributed by atoms with E-state index in [0.29, 0.717) is 28.1 Å². The van der Waals surface area contributed by atoms with Crippen LogP contribution in [0.5, 0.6) is 0 Å². The van der Waals surface area contributed by atoms with E-state index < -0.39 is 0 Å². The van der Waals surface area contributed by atoms with Crippen LogP contribution in [-0.4, -0.2) is 33.1 Å². The summed E-state index contributed by atoms with van der Waals surface area (Å²) < 4.78 is 1.86. The molecule has 1 aliphatic heterocycles. The largest absolute Gasteiger partial charge is 0.337 e. The lowest BCUT2D eigenvalue weighted by Gasteiger charge is -2.25. The van der Waals surface area contributed by atoms with Crippen LogP contribution in [0.1, 0.15) is 37.7 Å². The molecule has 1 aliphatic carbocycles. The molecule has 1 aromatic heterocycles. The number of para-hydroxylation sites is 1. The molecule has 0 unspecified atom stereocenters. The first-order chi connectivity index (χ1) is 17.0. The minimum Gasteiger partial charge on any atom is -0.337 e. The quantitative estimate of drug-likeness (QED) is 0.384. The van der Waals surface area contributed by atoms with Crippen LogP contribution in [0.4, 0.5) is 10.5 Å². The third-order valence-corrected chi connectivity index (χ3v) is 7.75. The van der Waals surface area contributed by atoms with Crippen LogP contribution in [0.15, 0.2) is 59.6 Å². The van der Waals surface area contributed by atoms with Gasteiger partial charge in [0.2, 0.25) is 5.91 Å². The molecule has 35 heavy (non-hydrogen) atoms. The van der Waals surface area contributed by atoms with Crippen LogP contribution in [0.3, 0.4) is 0 Å². The normalized spacial score (nSPS) is 18.1. The first-order valence-electron chi connectivity index (χ1n) is 11.9. The van der Waals surface area contributed by atoms with Gasteiger partial charge in [-0.25, -0.2) is 0 Å². The summed E-state index contributed by atoms with van der Waals surface area (Å²) in [5, 5.41) is 4.21. The lowest BCUT2D eigenvalue weighted by Crippen LogP contribution is -2.34. The number of fused-ring (bicyclic) bond motifs is 1. The highest BCUT2D eigenvalue weighted by molar-refractivity contribution is 8.18. The number of aromatic nitrogens is 1. The fourth-order valence-corrected chi connectivity index (χ4v) is 5.80. The van der Waals surface area contributed by atoms with Gasteiger partial charge >= 0.3 is 0 Å². The van der Waals surface area contributed by atoms with Gasteiger partial charge < -0.3 is 9.88 Å². The second-order valence-electron chi connectivity index (χ2n) is 9.08. The number of rotatable bonds is 6. The van der Waals surface area contributed by atoms with Gasteiger partial charge in [-0.1, -0.05) is 49.1 Å². The summed E-state index contributed by atoms with van der Waals surface area (Å²) in [6.45, 7) is 0.620. The van der Waals surface area contributed by atoms with E-state index in [9.17, 15) is 14.4 Å². The van der Waals surface area contributed by atoms with Crippen molar-refractivity contribution in [2.75, 3.05) is 11.9 Å². The monoisotopic (exact) mass is 507 g/mol. The molecule has 2 aromatic carbocycles. The van der Waals surface area contributed by atoms with E-state index in [-0.39, 0.29) is 23.6 Å². The Morgan fingerprint density at radius 3 is 2.57 bits per heavy atom. The smallest absolute Gasteiger partial charge is 0.293 e. The highest BCUT2D eigenvalue weighted by atomic mass is 35.5. The molecule has 1 N–H and O–H groups in total. The zero-order valence-corrected chi connectivity index (χ0v) is 20.8. The standard InChI is InChI=1S/C27H26ClN3O3S/c28-20-10-12-21(13-11-20)29-25(32)17-30-16-19(22-8-4-5-9-23(22)30)14-24-26(33)31(27(34)35-24)15-18-6-2-1-3-7-18/h4-5,8-14,16,18H,1-3,6-7,15,17H2,(H,29,32)/b24-14+. The van der Waals surface area contributed by atoms with E-state index in [1.54, 1.807) is 30.3 Å². The second kappa shape index (κ2) is 10.3. The van der Waals surface area contributed by atoms with Crippen LogP contribution >= 0.6 is 23.4 Å². The Bertz CT molecular complexity index is 1310. The number of amides is 3. The molecule has 2 aliphatic rings. The predicted molar refractivity (Wildman–Crippen MR) is 141 cm³/mol. The van der Waals surface area contributed by atoms with Crippen molar-refractivity contribution in [1.29, 1.82) is 0 Å². The number of hydrogen-bond donors (Lipinski definition) is 1. The molecule has 3 amide bonds. The molecule has 0 bridgehead atoms. The molecule has 5 rings (SSSR count). The van der Waals surface area contributed by atoms with Crippen LogP contribution < -0.4 is 5.32 Å². The number of halogens is 1. The van der Waals surface area contributed by atoms with Crippen molar-refractivity contribution in [2.45, 2.75) is 38.6 Å². The predicted octanol–water partition coefficient (Wildman–Crippen LogP) is 6.55. The maximum Gasteiger partial charge on any atom is 0.293 e. The van der Waals surface area contributed by atoms with Crippen LogP contribution in [0.25, 0.3) is 17.0 Å². The lowest BCUT2D eigenvalue weighted by molar-refractivity contribution is -0.123. The average molecular weight is 508 g/mol. The van der Waals surface area contributed by atoms with Crippen LogP contribution in [0.2, 0.25) is 5.02 Å². The van der Waals surface area contributed by atoms with Crippen molar-refractivity contribution in [1.82, 2.24) is 9.47 Å². The lowest BCUT2D eigenvalue weighted by atomic mass is 9.89. The number of hydrogen-bond acceptors (Lipinski definition) is 4. The summed E-state index contributed by atoms with van der Waals surface area (Å²) >= 11 is 6.92. The molecule has 1 saturated carbocycles. The van der Waals surface area contributed by atoms with Gasteiger partial charge in [0.1, 0.15) is 6.54 Å². The number of benzene rings is 2. The number of carbonyl (C=O) groups is 3. The summed E-state index contributed by atoms with van der Waals surface area (Å²) in [6, 6.07) is 14.7. The minimum atomic E-state index is -0.220. The van der Waals surface area contributed by atoms with Gasteiger partial charge in [0.15, 0.2) is 0 Å². The Labute approximate surface area is 213 Å². The Kier molecular flexibility index (Phi) is 6.97. The zero-order valence-electron chi connectivity index (χ0n) is 19.2. The van der Waals surface area contributed by atoms with E-state index in [1.165, 1.54) is 24.2 Å².